The van der Waals surface area contributed by atoms with E-state index >= 15 is 0 Å². The van der Waals surface area contributed by atoms with Crippen molar-refractivity contribution in [2.24, 2.45) is 5.92 Å². The van der Waals surface area contributed by atoms with Gasteiger partial charge in [0.1, 0.15) is 0 Å². The normalized spacial score (nSPS) is 18.5. The molecule has 1 aromatic rings. The minimum Gasteiger partial charge on any atom is -0.252 e. The SMILES string of the molecule is CCCCc1cn(CC2CCN(S(C)(=O)=O)CC2)nn1. The van der Waals surface area contributed by atoms with E-state index in [2.05, 4.69) is 17.2 Å². The first-order valence-electron chi connectivity index (χ1n) is 7.33. The van der Waals surface area contributed by atoms with Gasteiger partial charge in [0.2, 0.25) is 10.0 Å². The molecule has 6 nitrogen and oxygen atoms in total. The second-order valence-electron chi connectivity index (χ2n) is 5.64. The molecule has 0 saturated carbocycles. The number of unbranched alkanes of at least 4 members (excludes halogenated alkanes) is 1. The number of piperidine rings is 1. The molecule has 0 radical (unpaired) electrons. The summed E-state index contributed by atoms with van der Waals surface area (Å²) in [4.78, 5) is 0. The van der Waals surface area contributed by atoms with Gasteiger partial charge in [-0.05, 0) is 31.6 Å². The first kappa shape index (κ1) is 15.4. The third-order valence-electron chi connectivity index (χ3n) is 3.86. The second kappa shape index (κ2) is 6.67. The highest BCUT2D eigenvalue weighted by Gasteiger charge is 2.25. The topological polar surface area (TPSA) is 68.1 Å². The van der Waals surface area contributed by atoms with Gasteiger partial charge >= 0.3 is 0 Å². The summed E-state index contributed by atoms with van der Waals surface area (Å²) in [5, 5.41) is 8.35. The van der Waals surface area contributed by atoms with E-state index in [0.717, 1.165) is 44.3 Å². The summed E-state index contributed by atoms with van der Waals surface area (Å²) in [7, 11) is -3.03. The Morgan fingerprint density at radius 1 is 1.35 bits per heavy atom. The Labute approximate surface area is 121 Å². The number of hydrogen-bond donors (Lipinski definition) is 0. The van der Waals surface area contributed by atoms with E-state index in [0.29, 0.717) is 19.0 Å². The van der Waals surface area contributed by atoms with Crippen molar-refractivity contribution in [1.29, 1.82) is 0 Å². The maximum Gasteiger partial charge on any atom is 0.211 e. The first-order valence-corrected chi connectivity index (χ1v) is 9.18. The minimum absolute atomic E-state index is 0.494. The second-order valence-corrected chi connectivity index (χ2v) is 7.62. The largest absolute Gasteiger partial charge is 0.252 e. The van der Waals surface area contributed by atoms with Crippen LogP contribution in [-0.4, -0.2) is 47.1 Å². The van der Waals surface area contributed by atoms with Crippen molar-refractivity contribution in [3.05, 3.63) is 11.9 Å². The molecular formula is C13H24N4O2S. The molecule has 1 fully saturated rings. The standard InChI is InChI=1S/C13H24N4O2S/c1-3-4-5-13-11-16(15-14-13)10-12-6-8-17(9-7-12)20(2,18)19/h11-12H,3-10H2,1-2H3. The van der Waals surface area contributed by atoms with Gasteiger partial charge in [0, 0.05) is 25.8 Å². The summed E-state index contributed by atoms with van der Waals surface area (Å²) in [5.41, 5.74) is 1.06. The Morgan fingerprint density at radius 2 is 2.05 bits per heavy atom. The highest BCUT2D eigenvalue weighted by molar-refractivity contribution is 7.88. The van der Waals surface area contributed by atoms with Crippen LogP contribution in [-0.2, 0) is 23.0 Å². The predicted octanol–water partition coefficient (Wildman–Crippen LogP) is 1.29. The monoisotopic (exact) mass is 300 g/mol. The van der Waals surface area contributed by atoms with Gasteiger partial charge in [0.25, 0.3) is 0 Å². The molecule has 20 heavy (non-hydrogen) atoms. The molecule has 1 saturated heterocycles. The Hall–Kier alpha value is -0.950. The van der Waals surface area contributed by atoms with E-state index in [1.54, 1.807) is 4.31 Å². The van der Waals surface area contributed by atoms with E-state index in [1.807, 2.05) is 10.9 Å². The third kappa shape index (κ3) is 4.28. The van der Waals surface area contributed by atoms with Crippen molar-refractivity contribution in [3.8, 4) is 0 Å². The summed E-state index contributed by atoms with van der Waals surface area (Å²) in [5.74, 6) is 0.494. The number of rotatable bonds is 6. The van der Waals surface area contributed by atoms with E-state index in [9.17, 15) is 8.42 Å². The Bertz CT molecular complexity index is 518. The van der Waals surface area contributed by atoms with Crippen molar-refractivity contribution in [3.63, 3.8) is 0 Å². The van der Waals surface area contributed by atoms with E-state index in [4.69, 9.17) is 0 Å². The summed E-state index contributed by atoms with van der Waals surface area (Å²) in [6, 6.07) is 0. The predicted molar refractivity (Wildman–Crippen MR) is 77.8 cm³/mol. The van der Waals surface area contributed by atoms with Crippen molar-refractivity contribution >= 4 is 10.0 Å². The van der Waals surface area contributed by atoms with Crippen LogP contribution in [0.25, 0.3) is 0 Å². The number of aryl methyl sites for hydroxylation is 1. The number of nitrogens with zero attached hydrogens (tertiary/aromatic N) is 4. The molecule has 2 rings (SSSR count). The molecule has 0 bridgehead atoms. The molecule has 0 aromatic carbocycles. The molecule has 0 atom stereocenters. The van der Waals surface area contributed by atoms with Gasteiger partial charge < -0.3 is 0 Å². The molecule has 0 amide bonds. The molecule has 1 aromatic heterocycles. The fraction of sp³-hybridized carbons (Fsp3) is 0.846. The van der Waals surface area contributed by atoms with Crippen LogP contribution in [0.15, 0.2) is 6.20 Å². The zero-order chi connectivity index (χ0) is 14.6. The fourth-order valence-electron chi connectivity index (χ4n) is 2.59. The lowest BCUT2D eigenvalue weighted by atomic mass is 9.98. The smallest absolute Gasteiger partial charge is 0.211 e. The van der Waals surface area contributed by atoms with Crippen molar-refractivity contribution < 1.29 is 8.42 Å². The molecule has 0 unspecified atom stereocenters. The van der Waals surface area contributed by atoms with Crippen LogP contribution in [0.1, 0.15) is 38.3 Å². The van der Waals surface area contributed by atoms with Crippen LogP contribution < -0.4 is 0 Å². The highest BCUT2D eigenvalue weighted by atomic mass is 32.2. The number of sulfonamides is 1. The average Bonchev–Trinajstić information content (AvgIpc) is 2.83. The first-order chi connectivity index (χ1) is 9.49. The van der Waals surface area contributed by atoms with Gasteiger partial charge in [-0.15, -0.1) is 5.10 Å². The Balaban J connectivity index is 1.82. The Kier molecular flexibility index (Phi) is 5.15. The fourth-order valence-corrected chi connectivity index (χ4v) is 3.46. The molecule has 1 aliphatic rings. The molecule has 114 valence electrons. The minimum atomic E-state index is -3.03. The molecule has 7 heteroatoms. The van der Waals surface area contributed by atoms with Crippen LogP contribution in [0.5, 0.6) is 0 Å². The lowest BCUT2D eigenvalue weighted by Gasteiger charge is -2.29. The van der Waals surface area contributed by atoms with Crippen molar-refractivity contribution in [2.45, 2.75) is 45.6 Å². The number of hydrogen-bond acceptors (Lipinski definition) is 4. The molecular weight excluding hydrogens is 276 g/mol. The summed E-state index contributed by atoms with van der Waals surface area (Å²) >= 11 is 0. The van der Waals surface area contributed by atoms with Crippen LogP contribution in [0, 0.1) is 5.92 Å². The zero-order valence-electron chi connectivity index (χ0n) is 12.3. The van der Waals surface area contributed by atoms with Gasteiger partial charge in [-0.2, -0.15) is 0 Å². The summed E-state index contributed by atoms with van der Waals surface area (Å²) in [6.45, 7) is 4.26. The van der Waals surface area contributed by atoms with E-state index in [1.165, 1.54) is 6.26 Å². The van der Waals surface area contributed by atoms with E-state index < -0.39 is 10.0 Å². The molecule has 0 aliphatic carbocycles. The summed E-state index contributed by atoms with van der Waals surface area (Å²) in [6.07, 6.45) is 8.41. The van der Waals surface area contributed by atoms with Gasteiger partial charge in [-0.1, -0.05) is 18.6 Å². The van der Waals surface area contributed by atoms with Crippen LogP contribution in [0.3, 0.4) is 0 Å². The maximum atomic E-state index is 11.5. The van der Waals surface area contributed by atoms with E-state index in [-0.39, 0.29) is 0 Å². The van der Waals surface area contributed by atoms with Gasteiger partial charge in [-0.25, -0.2) is 12.7 Å². The maximum absolute atomic E-state index is 11.5. The molecule has 1 aliphatic heterocycles. The van der Waals surface area contributed by atoms with Crippen LogP contribution >= 0.6 is 0 Å². The summed E-state index contributed by atoms with van der Waals surface area (Å²) < 4.78 is 26.4. The van der Waals surface area contributed by atoms with Crippen LogP contribution in [0.2, 0.25) is 0 Å². The van der Waals surface area contributed by atoms with Crippen molar-refractivity contribution in [1.82, 2.24) is 19.3 Å². The van der Waals surface area contributed by atoms with Gasteiger partial charge in [0.05, 0.1) is 11.9 Å². The van der Waals surface area contributed by atoms with Crippen molar-refractivity contribution in [2.75, 3.05) is 19.3 Å². The van der Waals surface area contributed by atoms with Gasteiger partial charge in [-0.3, -0.25) is 4.68 Å². The number of aromatic nitrogens is 3. The highest BCUT2D eigenvalue weighted by Crippen LogP contribution is 2.20. The Morgan fingerprint density at radius 3 is 2.65 bits per heavy atom. The lowest BCUT2D eigenvalue weighted by Crippen LogP contribution is -2.38. The lowest BCUT2D eigenvalue weighted by molar-refractivity contribution is 0.247. The molecule has 0 spiro atoms. The quantitative estimate of drug-likeness (QED) is 0.794. The third-order valence-corrected chi connectivity index (χ3v) is 5.16. The zero-order valence-corrected chi connectivity index (χ0v) is 13.1. The average molecular weight is 300 g/mol. The van der Waals surface area contributed by atoms with Crippen LogP contribution in [0.4, 0.5) is 0 Å². The molecule has 2 heterocycles. The van der Waals surface area contributed by atoms with Gasteiger partial charge in [0.15, 0.2) is 0 Å². The molecule has 0 N–H and O–H groups in total.